The van der Waals surface area contributed by atoms with E-state index in [1.165, 1.54) is 16.3 Å². The fraction of sp³-hybridized carbons (Fsp3) is 0.476. The number of Topliss-reactive ketones (excluding diaryl/α,β-unsaturated/α-hetero) is 1. The van der Waals surface area contributed by atoms with Gasteiger partial charge < -0.3 is 9.47 Å². The van der Waals surface area contributed by atoms with Gasteiger partial charge in [0.05, 0.1) is 0 Å². The average Bonchev–Trinajstić information content (AvgIpc) is 2.62. The smallest absolute Gasteiger partial charge is 0.157 e. The SMILES string of the molecule is CCOC(CC1C(=O)CCCC1c1ccc2ccccc2c1)OC. The molecule has 0 amide bonds. The van der Waals surface area contributed by atoms with Crippen molar-refractivity contribution in [2.45, 2.75) is 44.8 Å². The van der Waals surface area contributed by atoms with E-state index in [1.807, 2.05) is 6.92 Å². The van der Waals surface area contributed by atoms with Crippen LogP contribution < -0.4 is 0 Å². The van der Waals surface area contributed by atoms with E-state index < -0.39 is 0 Å². The second-order valence-corrected chi connectivity index (χ2v) is 6.53. The van der Waals surface area contributed by atoms with Gasteiger partial charge in [-0.3, -0.25) is 4.79 Å². The molecule has 1 saturated carbocycles. The second-order valence-electron chi connectivity index (χ2n) is 6.53. The van der Waals surface area contributed by atoms with Crippen LogP contribution in [0.2, 0.25) is 0 Å². The van der Waals surface area contributed by atoms with E-state index >= 15 is 0 Å². The lowest BCUT2D eigenvalue weighted by molar-refractivity contribution is -0.145. The summed E-state index contributed by atoms with van der Waals surface area (Å²) in [5, 5.41) is 2.48. The Kier molecular flexibility index (Phi) is 5.64. The molecular formula is C21H26O3. The minimum atomic E-state index is -0.301. The average molecular weight is 326 g/mol. The molecule has 1 aliphatic rings. The molecule has 3 heteroatoms. The molecule has 2 aromatic rings. The van der Waals surface area contributed by atoms with Crippen LogP contribution >= 0.6 is 0 Å². The van der Waals surface area contributed by atoms with Crippen molar-refractivity contribution in [2.75, 3.05) is 13.7 Å². The van der Waals surface area contributed by atoms with Crippen LogP contribution in [-0.4, -0.2) is 25.8 Å². The lowest BCUT2D eigenvalue weighted by Gasteiger charge is -2.33. The maximum Gasteiger partial charge on any atom is 0.157 e. The quantitative estimate of drug-likeness (QED) is 0.722. The van der Waals surface area contributed by atoms with Crippen molar-refractivity contribution < 1.29 is 14.3 Å². The fourth-order valence-corrected chi connectivity index (χ4v) is 3.87. The first-order valence-electron chi connectivity index (χ1n) is 8.88. The van der Waals surface area contributed by atoms with E-state index in [1.54, 1.807) is 7.11 Å². The highest BCUT2D eigenvalue weighted by Crippen LogP contribution is 2.39. The van der Waals surface area contributed by atoms with Crippen LogP contribution in [0.3, 0.4) is 0 Å². The third kappa shape index (κ3) is 3.68. The Morgan fingerprint density at radius 1 is 1.17 bits per heavy atom. The summed E-state index contributed by atoms with van der Waals surface area (Å²) in [6, 6.07) is 15.0. The van der Waals surface area contributed by atoms with Crippen molar-refractivity contribution in [1.82, 2.24) is 0 Å². The zero-order valence-electron chi connectivity index (χ0n) is 14.5. The highest BCUT2D eigenvalue weighted by molar-refractivity contribution is 5.85. The Hall–Kier alpha value is -1.71. The molecule has 2 aromatic carbocycles. The molecule has 0 saturated heterocycles. The first-order chi connectivity index (χ1) is 11.7. The molecular weight excluding hydrogens is 300 g/mol. The van der Waals surface area contributed by atoms with Gasteiger partial charge in [0.1, 0.15) is 5.78 Å². The number of carbonyl (C=O) groups excluding carboxylic acids is 1. The standard InChI is InChI=1S/C21H26O3/c1-3-24-21(23-2)14-19-18(9-6-10-20(19)22)17-12-11-15-7-4-5-8-16(15)13-17/h4-5,7-8,11-13,18-19,21H,3,6,9-10,14H2,1-2H3. The van der Waals surface area contributed by atoms with Crippen LogP contribution in [0, 0.1) is 5.92 Å². The molecule has 0 aromatic heterocycles. The molecule has 3 nitrogen and oxygen atoms in total. The Labute approximate surface area is 144 Å². The summed E-state index contributed by atoms with van der Waals surface area (Å²) in [5.74, 6) is 0.589. The minimum absolute atomic E-state index is 0.0172. The molecule has 3 atom stereocenters. The number of ether oxygens (including phenoxy) is 2. The van der Waals surface area contributed by atoms with E-state index in [0.29, 0.717) is 25.2 Å². The number of hydrogen-bond donors (Lipinski definition) is 0. The zero-order chi connectivity index (χ0) is 16.9. The van der Waals surface area contributed by atoms with Crippen molar-refractivity contribution in [3.05, 3.63) is 48.0 Å². The maximum absolute atomic E-state index is 12.6. The van der Waals surface area contributed by atoms with Gasteiger partial charge in [-0.05, 0) is 42.0 Å². The zero-order valence-corrected chi connectivity index (χ0v) is 14.5. The summed E-state index contributed by atoms with van der Waals surface area (Å²) in [6.07, 6.45) is 3.04. The highest BCUT2D eigenvalue weighted by atomic mass is 16.7. The Morgan fingerprint density at radius 3 is 2.71 bits per heavy atom. The van der Waals surface area contributed by atoms with Gasteiger partial charge in [-0.15, -0.1) is 0 Å². The number of methoxy groups -OCH3 is 1. The van der Waals surface area contributed by atoms with Crippen LogP contribution in [0.4, 0.5) is 0 Å². The third-order valence-corrected chi connectivity index (χ3v) is 5.10. The minimum Gasteiger partial charge on any atom is -0.356 e. The number of ketones is 1. The first-order valence-corrected chi connectivity index (χ1v) is 8.88. The van der Waals surface area contributed by atoms with Crippen molar-refractivity contribution >= 4 is 16.6 Å². The monoisotopic (exact) mass is 326 g/mol. The van der Waals surface area contributed by atoms with Gasteiger partial charge in [0.25, 0.3) is 0 Å². The number of rotatable bonds is 6. The Bertz CT molecular complexity index is 694. The van der Waals surface area contributed by atoms with Gasteiger partial charge in [0, 0.05) is 32.5 Å². The third-order valence-electron chi connectivity index (χ3n) is 5.10. The summed E-state index contributed by atoms with van der Waals surface area (Å²) in [5.41, 5.74) is 1.26. The lowest BCUT2D eigenvalue weighted by Crippen LogP contribution is -2.32. The van der Waals surface area contributed by atoms with E-state index in [2.05, 4.69) is 42.5 Å². The molecule has 1 fully saturated rings. The van der Waals surface area contributed by atoms with Crippen LogP contribution in [0.1, 0.15) is 44.1 Å². The molecule has 0 aliphatic heterocycles. The topological polar surface area (TPSA) is 35.5 Å². The molecule has 0 N–H and O–H groups in total. The molecule has 128 valence electrons. The lowest BCUT2D eigenvalue weighted by atomic mass is 9.73. The van der Waals surface area contributed by atoms with E-state index in [0.717, 1.165) is 12.8 Å². The van der Waals surface area contributed by atoms with Crippen molar-refractivity contribution in [3.8, 4) is 0 Å². The van der Waals surface area contributed by atoms with Crippen LogP contribution in [0.15, 0.2) is 42.5 Å². The van der Waals surface area contributed by atoms with Crippen LogP contribution in [0.25, 0.3) is 10.8 Å². The number of benzene rings is 2. The molecule has 0 radical (unpaired) electrons. The summed E-state index contributed by atoms with van der Waals surface area (Å²) >= 11 is 0. The Morgan fingerprint density at radius 2 is 1.96 bits per heavy atom. The predicted octanol–water partition coefficient (Wildman–Crippen LogP) is 4.69. The van der Waals surface area contributed by atoms with E-state index in [4.69, 9.17) is 9.47 Å². The summed E-state index contributed by atoms with van der Waals surface area (Å²) in [6.45, 7) is 2.55. The van der Waals surface area contributed by atoms with Gasteiger partial charge in [-0.2, -0.15) is 0 Å². The maximum atomic E-state index is 12.6. The van der Waals surface area contributed by atoms with E-state index in [9.17, 15) is 4.79 Å². The molecule has 24 heavy (non-hydrogen) atoms. The van der Waals surface area contributed by atoms with Gasteiger partial charge in [-0.25, -0.2) is 0 Å². The van der Waals surface area contributed by atoms with Crippen LogP contribution in [-0.2, 0) is 14.3 Å². The van der Waals surface area contributed by atoms with Crippen molar-refractivity contribution in [1.29, 1.82) is 0 Å². The van der Waals surface area contributed by atoms with Gasteiger partial charge in [0.15, 0.2) is 6.29 Å². The number of carbonyl (C=O) groups is 1. The van der Waals surface area contributed by atoms with E-state index in [-0.39, 0.29) is 18.1 Å². The van der Waals surface area contributed by atoms with Gasteiger partial charge >= 0.3 is 0 Å². The van der Waals surface area contributed by atoms with Gasteiger partial charge in [0.2, 0.25) is 0 Å². The molecule has 3 rings (SSSR count). The summed E-state index contributed by atoms with van der Waals surface area (Å²) < 4.78 is 11.0. The second kappa shape index (κ2) is 7.91. The van der Waals surface area contributed by atoms with Crippen molar-refractivity contribution in [3.63, 3.8) is 0 Å². The van der Waals surface area contributed by atoms with Gasteiger partial charge in [-0.1, -0.05) is 42.5 Å². The Balaban J connectivity index is 1.88. The normalized spacial score (nSPS) is 22.7. The molecule has 1 aliphatic carbocycles. The molecule has 0 heterocycles. The van der Waals surface area contributed by atoms with Crippen molar-refractivity contribution in [2.24, 2.45) is 5.92 Å². The summed E-state index contributed by atoms with van der Waals surface area (Å²) in [4.78, 5) is 12.6. The largest absolute Gasteiger partial charge is 0.356 e. The summed E-state index contributed by atoms with van der Waals surface area (Å²) in [7, 11) is 1.65. The predicted molar refractivity (Wildman–Crippen MR) is 96.1 cm³/mol. The molecule has 0 spiro atoms. The highest BCUT2D eigenvalue weighted by Gasteiger charge is 2.34. The number of hydrogen-bond acceptors (Lipinski definition) is 3. The molecule has 0 bridgehead atoms. The number of fused-ring (bicyclic) bond motifs is 1. The first kappa shape index (κ1) is 17.1. The fourth-order valence-electron chi connectivity index (χ4n) is 3.87. The van der Waals surface area contributed by atoms with Crippen LogP contribution in [0.5, 0.6) is 0 Å². The molecule has 3 unspecified atom stereocenters.